The summed E-state index contributed by atoms with van der Waals surface area (Å²) in [5.41, 5.74) is 6.67. The van der Waals surface area contributed by atoms with Crippen LogP contribution in [0.2, 0.25) is 0 Å². The largest absolute Gasteiger partial charge is 0.506 e. The molecule has 6 rings (SSSR count). The van der Waals surface area contributed by atoms with E-state index in [4.69, 9.17) is 4.74 Å². The first-order chi connectivity index (χ1) is 18.4. The SMILES string of the molecule is CCNc1cc2c(cc1C)C1(c3cc(C)c(NCC)cc3O2)c2ccccc2C(=O)N1c1ccccc1O. The van der Waals surface area contributed by atoms with Crippen molar-refractivity contribution in [2.45, 2.75) is 33.2 Å². The zero-order valence-electron chi connectivity index (χ0n) is 22.1. The van der Waals surface area contributed by atoms with Crippen LogP contribution in [0.5, 0.6) is 17.2 Å². The molecule has 0 radical (unpaired) electrons. The zero-order valence-corrected chi connectivity index (χ0v) is 22.1. The Labute approximate surface area is 222 Å². The second kappa shape index (κ2) is 8.84. The molecule has 3 N–H and O–H groups in total. The highest BCUT2D eigenvalue weighted by Crippen LogP contribution is 2.60. The van der Waals surface area contributed by atoms with Crippen molar-refractivity contribution in [1.82, 2.24) is 0 Å². The maximum Gasteiger partial charge on any atom is 0.260 e. The Morgan fingerprint density at radius 3 is 1.92 bits per heavy atom. The van der Waals surface area contributed by atoms with Crippen LogP contribution in [0.4, 0.5) is 17.1 Å². The summed E-state index contributed by atoms with van der Waals surface area (Å²) >= 11 is 0. The fourth-order valence-electron chi connectivity index (χ4n) is 5.99. The average molecular weight is 506 g/mol. The molecule has 0 unspecified atom stereocenters. The van der Waals surface area contributed by atoms with E-state index in [-0.39, 0.29) is 11.7 Å². The predicted octanol–water partition coefficient (Wildman–Crippen LogP) is 6.93. The summed E-state index contributed by atoms with van der Waals surface area (Å²) in [6, 6.07) is 23.1. The molecule has 0 saturated heterocycles. The predicted molar refractivity (Wildman–Crippen MR) is 152 cm³/mol. The number of ether oxygens (including phenoxy) is 1. The summed E-state index contributed by atoms with van der Waals surface area (Å²) in [7, 11) is 0. The third kappa shape index (κ3) is 3.23. The van der Waals surface area contributed by atoms with Gasteiger partial charge in [0.15, 0.2) is 0 Å². The Kier molecular flexibility index (Phi) is 5.56. The fraction of sp³-hybridized carbons (Fsp3) is 0.219. The topological polar surface area (TPSA) is 73.8 Å². The number of benzene rings is 4. The molecule has 2 aliphatic heterocycles. The molecule has 0 atom stereocenters. The normalized spacial score (nSPS) is 14.5. The van der Waals surface area contributed by atoms with Gasteiger partial charge >= 0.3 is 0 Å². The van der Waals surface area contributed by atoms with Gasteiger partial charge in [0.1, 0.15) is 22.8 Å². The van der Waals surface area contributed by atoms with Crippen molar-refractivity contribution in [3.63, 3.8) is 0 Å². The molecule has 4 aromatic carbocycles. The fourth-order valence-corrected chi connectivity index (χ4v) is 5.99. The van der Waals surface area contributed by atoms with Gasteiger partial charge in [0.2, 0.25) is 0 Å². The lowest BCUT2D eigenvalue weighted by atomic mass is 9.73. The van der Waals surface area contributed by atoms with Crippen LogP contribution in [-0.2, 0) is 5.54 Å². The number of aromatic hydroxyl groups is 1. The molecule has 0 aromatic heterocycles. The average Bonchev–Trinajstić information content (AvgIpc) is 3.16. The van der Waals surface area contributed by atoms with Crippen LogP contribution in [0.1, 0.15) is 52.0 Å². The zero-order chi connectivity index (χ0) is 26.6. The minimum absolute atomic E-state index is 0.0459. The van der Waals surface area contributed by atoms with E-state index in [1.165, 1.54) is 0 Å². The number of rotatable bonds is 5. The highest BCUT2D eigenvalue weighted by molar-refractivity contribution is 6.15. The number of amides is 1. The number of nitrogens with one attached hydrogen (secondary N) is 2. The number of hydrogen-bond donors (Lipinski definition) is 3. The van der Waals surface area contributed by atoms with Gasteiger partial charge < -0.3 is 20.5 Å². The summed E-state index contributed by atoms with van der Waals surface area (Å²) in [5.74, 6) is 1.23. The maximum atomic E-state index is 14.3. The van der Waals surface area contributed by atoms with Crippen LogP contribution in [-0.4, -0.2) is 24.1 Å². The Bertz CT molecular complexity index is 1530. The molecule has 2 heterocycles. The second-order valence-electron chi connectivity index (χ2n) is 9.87. The van der Waals surface area contributed by atoms with E-state index in [1.807, 2.05) is 42.5 Å². The molecule has 2 aliphatic rings. The molecule has 192 valence electrons. The van der Waals surface area contributed by atoms with Crippen molar-refractivity contribution in [2.24, 2.45) is 0 Å². The minimum Gasteiger partial charge on any atom is -0.506 e. The molecule has 0 bridgehead atoms. The van der Waals surface area contributed by atoms with Crippen LogP contribution < -0.4 is 20.3 Å². The second-order valence-corrected chi connectivity index (χ2v) is 9.87. The van der Waals surface area contributed by atoms with Crippen molar-refractivity contribution in [1.29, 1.82) is 0 Å². The Morgan fingerprint density at radius 2 is 1.34 bits per heavy atom. The third-order valence-corrected chi connectivity index (χ3v) is 7.60. The first-order valence-electron chi connectivity index (χ1n) is 13.1. The van der Waals surface area contributed by atoms with Gasteiger partial charge in [-0.3, -0.25) is 9.69 Å². The van der Waals surface area contributed by atoms with E-state index >= 15 is 0 Å². The molecular weight excluding hydrogens is 474 g/mol. The Hall–Kier alpha value is -4.45. The monoisotopic (exact) mass is 505 g/mol. The number of hydrogen-bond acceptors (Lipinski definition) is 5. The molecule has 0 fully saturated rings. The van der Waals surface area contributed by atoms with Gasteiger partial charge in [-0.05, 0) is 69.2 Å². The quantitative estimate of drug-likeness (QED) is 0.274. The number of para-hydroxylation sites is 2. The van der Waals surface area contributed by atoms with Gasteiger partial charge in [-0.2, -0.15) is 0 Å². The number of carbonyl (C=O) groups excluding carboxylic acids is 1. The van der Waals surface area contributed by atoms with Crippen molar-refractivity contribution in [3.05, 3.63) is 106 Å². The number of carbonyl (C=O) groups is 1. The summed E-state index contributed by atoms with van der Waals surface area (Å²) in [4.78, 5) is 16.1. The smallest absolute Gasteiger partial charge is 0.260 e. The molecular formula is C32H31N3O3. The minimum atomic E-state index is -1.04. The first-order valence-corrected chi connectivity index (χ1v) is 13.1. The van der Waals surface area contributed by atoms with E-state index < -0.39 is 5.54 Å². The molecule has 6 heteroatoms. The van der Waals surface area contributed by atoms with Gasteiger partial charge in [0.25, 0.3) is 5.91 Å². The van der Waals surface area contributed by atoms with Crippen LogP contribution in [0.3, 0.4) is 0 Å². The van der Waals surface area contributed by atoms with Crippen molar-refractivity contribution in [2.75, 3.05) is 28.6 Å². The van der Waals surface area contributed by atoms with E-state index in [1.54, 1.807) is 23.1 Å². The van der Waals surface area contributed by atoms with E-state index in [9.17, 15) is 9.90 Å². The number of phenolic OH excluding ortho intramolecular Hbond substituents is 1. The van der Waals surface area contributed by atoms with Crippen molar-refractivity contribution < 1.29 is 14.6 Å². The van der Waals surface area contributed by atoms with Gasteiger partial charge in [-0.15, -0.1) is 0 Å². The Balaban J connectivity index is 1.77. The summed E-state index contributed by atoms with van der Waals surface area (Å²) in [6.45, 7) is 9.80. The lowest BCUT2D eigenvalue weighted by Gasteiger charge is -2.45. The highest BCUT2D eigenvalue weighted by atomic mass is 16.5. The van der Waals surface area contributed by atoms with Crippen LogP contribution >= 0.6 is 0 Å². The van der Waals surface area contributed by atoms with Crippen LogP contribution in [0, 0.1) is 13.8 Å². The highest BCUT2D eigenvalue weighted by Gasteiger charge is 2.57. The molecule has 1 amide bonds. The van der Waals surface area contributed by atoms with Crippen LogP contribution in [0.15, 0.2) is 72.8 Å². The number of phenols is 1. The summed E-state index contributed by atoms with van der Waals surface area (Å²) in [5, 5.41) is 17.9. The number of aryl methyl sites for hydroxylation is 2. The lowest BCUT2D eigenvalue weighted by molar-refractivity contribution is 0.0985. The molecule has 1 spiro atoms. The molecule has 0 saturated carbocycles. The molecule has 4 aromatic rings. The third-order valence-electron chi connectivity index (χ3n) is 7.60. The summed E-state index contributed by atoms with van der Waals surface area (Å²) in [6.07, 6.45) is 0. The lowest BCUT2D eigenvalue weighted by Crippen LogP contribution is -2.47. The molecule has 0 aliphatic carbocycles. The van der Waals surface area contributed by atoms with Gasteiger partial charge in [0.05, 0.1) is 5.69 Å². The maximum absolute atomic E-state index is 14.3. The van der Waals surface area contributed by atoms with Crippen molar-refractivity contribution in [3.8, 4) is 17.2 Å². The van der Waals surface area contributed by atoms with E-state index in [2.05, 4.69) is 50.5 Å². The van der Waals surface area contributed by atoms with Gasteiger partial charge in [0, 0.05) is 58.9 Å². The van der Waals surface area contributed by atoms with Gasteiger partial charge in [-0.1, -0.05) is 30.3 Å². The van der Waals surface area contributed by atoms with Crippen LogP contribution in [0.25, 0.3) is 0 Å². The number of nitrogens with zero attached hydrogens (tertiary/aromatic N) is 1. The number of anilines is 3. The van der Waals surface area contributed by atoms with Gasteiger partial charge in [-0.25, -0.2) is 0 Å². The Morgan fingerprint density at radius 1 is 0.789 bits per heavy atom. The first kappa shape index (κ1) is 23.9. The number of fused-ring (bicyclic) bond motifs is 6. The molecule has 38 heavy (non-hydrogen) atoms. The van der Waals surface area contributed by atoms with E-state index in [0.717, 1.165) is 52.3 Å². The molecule has 6 nitrogen and oxygen atoms in total. The standard InChI is InChI=1S/C32H31N3O3/c1-5-33-25-17-29-23(15-19(25)3)32(24-16-20(4)26(34-6-2)18-30(24)38-29)22-12-8-7-11-21(22)31(37)35(32)27-13-9-10-14-28(27)36/h7-18,33-34,36H,5-6H2,1-4H3. The van der Waals surface area contributed by atoms with E-state index in [0.29, 0.717) is 22.7 Å². The summed E-state index contributed by atoms with van der Waals surface area (Å²) < 4.78 is 6.63. The van der Waals surface area contributed by atoms with Crippen molar-refractivity contribution >= 4 is 23.0 Å².